The molecule has 0 radical (unpaired) electrons. The van der Waals surface area contributed by atoms with Gasteiger partial charge >= 0.3 is 10.2 Å². The van der Waals surface area contributed by atoms with Gasteiger partial charge in [-0.25, -0.2) is 4.57 Å². The van der Waals surface area contributed by atoms with E-state index in [1.807, 2.05) is 34.9 Å². The number of benzene rings is 1. The van der Waals surface area contributed by atoms with Gasteiger partial charge in [-0.2, -0.15) is 12.7 Å². The van der Waals surface area contributed by atoms with Crippen LogP contribution in [0.3, 0.4) is 0 Å². The summed E-state index contributed by atoms with van der Waals surface area (Å²) in [5.41, 5.74) is 1.13. The average Bonchev–Trinajstić information content (AvgIpc) is 2.79. The van der Waals surface area contributed by atoms with Crippen LogP contribution in [0.15, 0.2) is 49.1 Å². The maximum Gasteiger partial charge on any atom is 0.379 e. The van der Waals surface area contributed by atoms with Crippen LogP contribution < -0.4 is 4.57 Å². The summed E-state index contributed by atoms with van der Waals surface area (Å²) in [6.45, 7) is 0.650. The fourth-order valence-electron chi connectivity index (χ4n) is 1.59. The lowest BCUT2D eigenvalue weighted by Crippen LogP contribution is -2.34. The highest BCUT2D eigenvalue weighted by Crippen LogP contribution is 2.01. The van der Waals surface area contributed by atoms with E-state index in [0.717, 1.165) is 5.56 Å². The molecular formula is C12H16N3O2S+. The Labute approximate surface area is 107 Å². The van der Waals surface area contributed by atoms with Crippen LogP contribution in [0, 0.1) is 0 Å². The van der Waals surface area contributed by atoms with Crippen molar-refractivity contribution < 1.29 is 13.0 Å². The minimum atomic E-state index is -3.42. The molecule has 5 nitrogen and oxygen atoms in total. The average molecular weight is 266 g/mol. The zero-order valence-corrected chi connectivity index (χ0v) is 11.2. The number of aromatic nitrogens is 2. The molecule has 0 fully saturated rings. The highest BCUT2D eigenvalue weighted by molar-refractivity contribution is 7.87. The van der Waals surface area contributed by atoms with Crippen LogP contribution in [0.2, 0.25) is 0 Å². The molecule has 0 aliphatic carbocycles. The zero-order valence-electron chi connectivity index (χ0n) is 10.4. The van der Waals surface area contributed by atoms with Gasteiger partial charge in [-0.15, -0.1) is 3.97 Å². The molecule has 0 spiro atoms. The van der Waals surface area contributed by atoms with E-state index in [-0.39, 0.29) is 0 Å². The van der Waals surface area contributed by atoms with Crippen LogP contribution in [0.1, 0.15) is 5.56 Å². The van der Waals surface area contributed by atoms with E-state index in [0.29, 0.717) is 6.54 Å². The standard InChI is InChI=1S/C12H16N3O2S/c1-13(2)18(16,17)15-9-8-14(11-15)10-12-6-4-3-5-7-12/h3-9,11H,10H2,1-2H3/q+1. The van der Waals surface area contributed by atoms with Crippen LogP contribution in [-0.2, 0) is 16.8 Å². The molecular weight excluding hydrogens is 250 g/mol. The van der Waals surface area contributed by atoms with Crippen molar-refractivity contribution in [2.24, 2.45) is 0 Å². The number of hydrogen-bond acceptors (Lipinski definition) is 2. The summed E-state index contributed by atoms with van der Waals surface area (Å²) >= 11 is 0. The fraction of sp³-hybridized carbons (Fsp3) is 0.250. The van der Waals surface area contributed by atoms with Gasteiger partial charge in [-0.05, 0) is 5.56 Å². The highest BCUT2D eigenvalue weighted by atomic mass is 32.2. The second-order valence-corrected chi connectivity index (χ2v) is 6.24. The van der Waals surface area contributed by atoms with E-state index in [2.05, 4.69) is 0 Å². The molecule has 6 heteroatoms. The van der Waals surface area contributed by atoms with Gasteiger partial charge in [0.15, 0.2) is 0 Å². The highest BCUT2D eigenvalue weighted by Gasteiger charge is 2.22. The van der Waals surface area contributed by atoms with Crippen molar-refractivity contribution in [1.82, 2.24) is 8.28 Å². The third-order valence-electron chi connectivity index (χ3n) is 2.60. The molecule has 1 heterocycles. The summed E-state index contributed by atoms with van der Waals surface area (Å²) in [5.74, 6) is 0. The maximum absolute atomic E-state index is 11.9. The van der Waals surface area contributed by atoms with Crippen molar-refractivity contribution in [3.05, 3.63) is 54.6 Å². The SMILES string of the molecule is CN(C)S(=O)(=O)n1cc[n+](Cc2ccccc2)c1. The van der Waals surface area contributed by atoms with Gasteiger partial charge in [0, 0.05) is 14.1 Å². The lowest BCUT2D eigenvalue weighted by molar-refractivity contribution is -0.687. The molecule has 2 rings (SSSR count). The molecule has 0 N–H and O–H groups in total. The van der Waals surface area contributed by atoms with Crippen molar-refractivity contribution in [3.63, 3.8) is 0 Å². The summed E-state index contributed by atoms with van der Waals surface area (Å²) in [6, 6.07) is 9.89. The minimum Gasteiger partial charge on any atom is -0.232 e. The Kier molecular flexibility index (Phi) is 3.49. The zero-order chi connectivity index (χ0) is 13.2. The van der Waals surface area contributed by atoms with Crippen LogP contribution in [0.25, 0.3) is 0 Å². The smallest absolute Gasteiger partial charge is 0.232 e. The third kappa shape index (κ3) is 2.60. The summed E-state index contributed by atoms with van der Waals surface area (Å²) in [6.07, 6.45) is 4.86. The Morgan fingerprint density at radius 2 is 1.89 bits per heavy atom. The second-order valence-electron chi connectivity index (χ2n) is 4.19. The van der Waals surface area contributed by atoms with E-state index < -0.39 is 10.2 Å². The lowest BCUT2D eigenvalue weighted by Gasteiger charge is -2.05. The first kappa shape index (κ1) is 12.8. The van der Waals surface area contributed by atoms with Crippen LogP contribution in [0.5, 0.6) is 0 Å². The van der Waals surface area contributed by atoms with Crippen LogP contribution >= 0.6 is 0 Å². The number of nitrogens with zero attached hydrogens (tertiary/aromatic N) is 3. The lowest BCUT2D eigenvalue weighted by atomic mass is 10.2. The first-order valence-corrected chi connectivity index (χ1v) is 6.94. The monoisotopic (exact) mass is 266 g/mol. The molecule has 0 atom stereocenters. The van der Waals surface area contributed by atoms with Gasteiger partial charge in [-0.1, -0.05) is 30.3 Å². The Morgan fingerprint density at radius 1 is 1.22 bits per heavy atom. The molecule has 0 bridgehead atoms. The maximum atomic E-state index is 11.9. The Balaban J connectivity index is 2.22. The largest absolute Gasteiger partial charge is 0.379 e. The van der Waals surface area contributed by atoms with Gasteiger partial charge in [0.1, 0.15) is 18.9 Å². The van der Waals surface area contributed by atoms with Gasteiger partial charge in [0.05, 0.1) is 0 Å². The van der Waals surface area contributed by atoms with Crippen molar-refractivity contribution in [1.29, 1.82) is 0 Å². The Hall–Kier alpha value is -1.66. The van der Waals surface area contributed by atoms with Gasteiger partial charge in [0.2, 0.25) is 0 Å². The first-order chi connectivity index (χ1) is 8.50. The number of hydrogen-bond donors (Lipinski definition) is 0. The van der Waals surface area contributed by atoms with E-state index in [1.165, 1.54) is 28.6 Å². The summed E-state index contributed by atoms with van der Waals surface area (Å²) in [5, 5.41) is 0. The predicted molar refractivity (Wildman–Crippen MR) is 68.2 cm³/mol. The minimum absolute atomic E-state index is 0.650. The summed E-state index contributed by atoms with van der Waals surface area (Å²) < 4.78 is 28.0. The fourth-order valence-corrected chi connectivity index (χ4v) is 2.41. The molecule has 0 aliphatic rings. The summed E-state index contributed by atoms with van der Waals surface area (Å²) in [4.78, 5) is 0. The molecule has 0 aliphatic heterocycles. The predicted octanol–water partition coefficient (Wildman–Crippen LogP) is 0.478. The van der Waals surface area contributed by atoms with Crippen LogP contribution in [0.4, 0.5) is 0 Å². The summed E-state index contributed by atoms with van der Waals surface area (Å²) in [7, 11) is -0.398. The van der Waals surface area contributed by atoms with Crippen molar-refractivity contribution in [2.45, 2.75) is 6.54 Å². The first-order valence-electron chi connectivity index (χ1n) is 5.54. The Morgan fingerprint density at radius 3 is 2.50 bits per heavy atom. The van der Waals surface area contributed by atoms with E-state index >= 15 is 0 Å². The normalized spacial score (nSPS) is 11.9. The van der Waals surface area contributed by atoms with Crippen molar-refractivity contribution in [2.75, 3.05) is 14.1 Å². The van der Waals surface area contributed by atoms with E-state index in [1.54, 1.807) is 12.5 Å². The van der Waals surface area contributed by atoms with Gasteiger partial charge in [-0.3, -0.25) is 0 Å². The number of imidazole rings is 1. The van der Waals surface area contributed by atoms with Gasteiger partial charge < -0.3 is 0 Å². The molecule has 0 saturated carbocycles. The molecule has 96 valence electrons. The number of rotatable bonds is 4. The molecule has 1 aromatic carbocycles. The molecule has 2 aromatic rings. The van der Waals surface area contributed by atoms with E-state index in [4.69, 9.17) is 0 Å². The van der Waals surface area contributed by atoms with Crippen molar-refractivity contribution in [3.8, 4) is 0 Å². The van der Waals surface area contributed by atoms with Crippen molar-refractivity contribution >= 4 is 10.2 Å². The molecule has 1 aromatic heterocycles. The van der Waals surface area contributed by atoms with Gasteiger partial charge in [0.25, 0.3) is 6.33 Å². The quantitative estimate of drug-likeness (QED) is 0.756. The molecule has 0 saturated heterocycles. The third-order valence-corrected chi connectivity index (χ3v) is 4.27. The molecule has 0 unspecified atom stereocenters. The Bertz CT molecular complexity index is 618. The van der Waals surface area contributed by atoms with E-state index in [9.17, 15) is 8.42 Å². The molecule has 0 amide bonds. The van der Waals surface area contributed by atoms with Crippen LogP contribution in [-0.4, -0.2) is 30.8 Å². The topological polar surface area (TPSA) is 46.2 Å². The second kappa shape index (κ2) is 4.91. The molecule has 18 heavy (non-hydrogen) atoms.